The Balaban J connectivity index is 3.01. The molecule has 0 unspecified atom stereocenters. The van der Waals surface area contributed by atoms with Crippen LogP contribution >= 0.6 is 23.1 Å². The maximum absolute atomic E-state index is 12.1. The highest BCUT2D eigenvalue weighted by molar-refractivity contribution is 8.02. The van der Waals surface area contributed by atoms with Crippen LogP contribution in [0.4, 0.5) is 13.2 Å². The van der Waals surface area contributed by atoms with E-state index in [1.54, 1.807) is 0 Å². The van der Waals surface area contributed by atoms with Gasteiger partial charge in [0.2, 0.25) is 0 Å². The molecule has 0 saturated carbocycles. The molecule has 0 N–H and O–H groups in total. The SMILES string of the molecule is CC(C)(C)Sc1[o+]c(C(=O)C(F)(F)F)c([O-])s1. The van der Waals surface area contributed by atoms with Crippen molar-refractivity contribution in [3.63, 3.8) is 0 Å². The van der Waals surface area contributed by atoms with E-state index in [9.17, 15) is 23.1 Å². The normalized spacial score (nSPS) is 12.8. The van der Waals surface area contributed by atoms with Crippen molar-refractivity contribution >= 4 is 28.9 Å². The second-order valence-electron chi connectivity index (χ2n) is 4.11. The van der Waals surface area contributed by atoms with Crippen LogP contribution in [-0.4, -0.2) is 16.7 Å². The van der Waals surface area contributed by atoms with E-state index < -0.39 is 22.8 Å². The molecule has 0 aliphatic rings. The van der Waals surface area contributed by atoms with E-state index >= 15 is 0 Å². The monoisotopic (exact) mass is 286 g/mol. The number of ketones is 1. The van der Waals surface area contributed by atoms with Crippen LogP contribution < -0.4 is 5.11 Å². The summed E-state index contributed by atoms with van der Waals surface area (Å²) in [7, 11) is 0. The fourth-order valence-corrected chi connectivity index (χ4v) is 3.10. The lowest BCUT2D eigenvalue weighted by molar-refractivity contribution is -0.264. The minimum absolute atomic E-state index is 0.0510. The molecule has 1 aromatic rings. The second kappa shape index (κ2) is 4.49. The second-order valence-corrected chi connectivity index (χ2v) is 7.12. The first-order chi connectivity index (χ1) is 7.50. The predicted octanol–water partition coefficient (Wildman–Crippen LogP) is 3.33. The Hall–Kier alpha value is -0.760. The molecule has 0 saturated heterocycles. The van der Waals surface area contributed by atoms with E-state index in [-0.39, 0.29) is 9.15 Å². The Kier molecular flexibility index (Phi) is 3.78. The molecular weight excluding hydrogens is 277 g/mol. The molecule has 1 aromatic heterocycles. The van der Waals surface area contributed by atoms with E-state index in [4.69, 9.17) is 0 Å². The van der Waals surface area contributed by atoms with E-state index in [1.807, 2.05) is 20.8 Å². The summed E-state index contributed by atoms with van der Waals surface area (Å²) in [5.41, 5.74) is 0. The van der Waals surface area contributed by atoms with Crippen molar-refractivity contribution in [3.05, 3.63) is 5.76 Å². The van der Waals surface area contributed by atoms with Crippen LogP contribution in [0.1, 0.15) is 31.3 Å². The maximum atomic E-state index is 12.1. The van der Waals surface area contributed by atoms with Crippen molar-refractivity contribution in [2.24, 2.45) is 0 Å². The standard InChI is InChI=1S/C9H9F3O3S2/c1-8(2,3)17-7-15-4(6(14)16-7)5(13)9(10,11)12/h1-3H3. The summed E-state index contributed by atoms with van der Waals surface area (Å²) in [6.07, 6.45) is -5.09. The zero-order chi connectivity index (χ0) is 13.4. The van der Waals surface area contributed by atoms with Crippen LogP contribution in [0.15, 0.2) is 8.82 Å². The van der Waals surface area contributed by atoms with Crippen molar-refractivity contribution < 1.29 is 27.5 Å². The minimum atomic E-state index is -5.09. The van der Waals surface area contributed by atoms with Gasteiger partial charge in [-0.05, 0) is 23.1 Å². The summed E-state index contributed by atoms with van der Waals surface area (Å²) in [5, 5.41) is 10.2. The van der Waals surface area contributed by atoms with E-state index in [1.165, 1.54) is 0 Å². The number of carbonyl (C=O) groups excluding carboxylic acids is 1. The number of hydrogen-bond donors (Lipinski definition) is 0. The molecule has 8 heteroatoms. The average Bonchev–Trinajstić information content (AvgIpc) is 2.40. The van der Waals surface area contributed by atoms with Crippen molar-refractivity contribution in [1.29, 1.82) is 0 Å². The topological polar surface area (TPSA) is 51.4 Å². The molecule has 0 atom stereocenters. The van der Waals surface area contributed by atoms with Crippen molar-refractivity contribution in [2.45, 2.75) is 36.1 Å². The smallest absolute Gasteiger partial charge is 0.464 e. The molecule has 1 heterocycles. The van der Waals surface area contributed by atoms with Crippen LogP contribution in [0.3, 0.4) is 0 Å². The number of Topliss-reactive ketones (excluding diaryl/α,β-unsaturated/α-hetero) is 1. The molecule has 0 aliphatic carbocycles. The molecule has 17 heavy (non-hydrogen) atoms. The number of hydrogen-bond acceptors (Lipinski definition) is 4. The van der Waals surface area contributed by atoms with Gasteiger partial charge in [0.05, 0.1) is 5.06 Å². The van der Waals surface area contributed by atoms with Crippen LogP contribution in [0, 0.1) is 0 Å². The third-order valence-electron chi connectivity index (χ3n) is 1.40. The molecule has 96 valence electrons. The Morgan fingerprint density at radius 2 is 1.88 bits per heavy atom. The van der Waals surface area contributed by atoms with Gasteiger partial charge in [-0.1, -0.05) is 20.8 Å². The van der Waals surface area contributed by atoms with Crippen molar-refractivity contribution in [1.82, 2.24) is 0 Å². The van der Waals surface area contributed by atoms with Crippen molar-refractivity contribution in [2.75, 3.05) is 0 Å². The number of carbonyl (C=O) groups is 1. The highest BCUT2D eigenvalue weighted by Gasteiger charge is 2.48. The zero-order valence-corrected chi connectivity index (χ0v) is 10.8. The molecule has 0 spiro atoms. The number of alkyl halides is 3. The van der Waals surface area contributed by atoms with E-state index in [0.717, 1.165) is 11.8 Å². The predicted molar refractivity (Wildman–Crippen MR) is 56.4 cm³/mol. The Bertz CT molecular complexity index is 432. The molecule has 0 aliphatic heterocycles. The van der Waals surface area contributed by atoms with Crippen LogP contribution in [-0.2, 0) is 0 Å². The Morgan fingerprint density at radius 3 is 2.29 bits per heavy atom. The van der Waals surface area contributed by atoms with Crippen LogP contribution in [0.25, 0.3) is 0 Å². The quantitative estimate of drug-likeness (QED) is 0.475. The average molecular weight is 286 g/mol. The first kappa shape index (κ1) is 14.3. The molecule has 0 fully saturated rings. The fourth-order valence-electron chi connectivity index (χ4n) is 0.827. The summed E-state index contributed by atoms with van der Waals surface area (Å²) < 4.78 is 40.7. The number of halogens is 3. The van der Waals surface area contributed by atoms with Gasteiger partial charge in [-0.2, -0.15) is 17.6 Å². The lowest BCUT2D eigenvalue weighted by Crippen LogP contribution is -2.23. The summed E-state index contributed by atoms with van der Waals surface area (Å²) in [4.78, 5) is 10.8. The Morgan fingerprint density at radius 1 is 1.35 bits per heavy atom. The number of thioether (sulfide) groups is 1. The van der Waals surface area contributed by atoms with Gasteiger partial charge in [0.1, 0.15) is 0 Å². The summed E-state index contributed by atoms with van der Waals surface area (Å²) in [6, 6.07) is 0. The van der Waals surface area contributed by atoms with Crippen molar-refractivity contribution in [3.8, 4) is 5.06 Å². The largest absolute Gasteiger partial charge is 0.858 e. The van der Waals surface area contributed by atoms with Gasteiger partial charge in [0.15, 0.2) is 0 Å². The van der Waals surface area contributed by atoms with Gasteiger partial charge in [0.25, 0.3) is 0 Å². The van der Waals surface area contributed by atoms with Gasteiger partial charge < -0.3 is 5.11 Å². The molecule has 0 amide bonds. The van der Waals surface area contributed by atoms with Gasteiger partial charge in [-0.3, -0.25) is 4.79 Å². The molecular formula is C9H9F3O3S2. The Labute approximate surface area is 104 Å². The summed E-state index contributed by atoms with van der Waals surface area (Å²) in [5.74, 6) is -3.39. The fraction of sp³-hybridized carbons (Fsp3) is 0.556. The summed E-state index contributed by atoms with van der Waals surface area (Å²) in [6.45, 7) is 5.42. The maximum Gasteiger partial charge on any atom is 0.464 e. The number of rotatable bonds is 2. The lowest BCUT2D eigenvalue weighted by Gasteiger charge is -2.10. The summed E-state index contributed by atoms with van der Waals surface area (Å²) >= 11 is 1.60. The minimum Gasteiger partial charge on any atom is -0.858 e. The highest BCUT2D eigenvalue weighted by atomic mass is 32.2. The van der Waals surface area contributed by atoms with Gasteiger partial charge in [0, 0.05) is 4.75 Å². The molecule has 3 nitrogen and oxygen atoms in total. The first-order valence-electron chi connectivity index (χ1n) is 4.45. The molecule has 0 radical (unpaired) electrons. The van der Waals surface area contributed by atoms with Gasteiger partial charge in [-0.15, -0.1) is 0 Å². The van der Waals surface area contributed by atoms with Crippen LogP contribution in [0.2, 0.25) is 0 Å². The highest BCUT2D eigenvalue weighted by Crippen LogP contribution is 2.41. The molecule has 1 rings (SSSR count). The molecule has 0 bridgehead atoms. The third-order valence-corrected chi connectivity index (χ3v) is 3.38. The van der Waals surface area contributed by atoms with Crippen LogP contribution in [0.5, 0.6) is 5.06 Å². The zero-order valence-electron chi connectivity index (χ0n) is 9.18. The third kappa shape index (κ3) is 3.88. The van der Waals surface area contributed by atoms with E-state index in [2.05, 4.69) is 4.42 Å². The first-order valence-corrected chi connectivity index (χ1v) is 6.08. The van der Waals surface area contributed by atoms with E-state index in [0.29, 0.717) is 11.3 Å². The van der Waals surface area contributed by atoms with Gasteiger partial charge >= 0.3 is 22.1 Å². The molecule has 0 aromatic carbocycles. The van der Waals surface area contributed by atoms with Gasteiger partial charge in [-0.25, -0.2) is 0 Å². The lowest BCUT2D eigenvalue weighted by atomic mass is 10.3.